The van der Waals surface area contributed by atoms with E-state index in [1.54, 1.807) is 55.5 Å². The number of rotatable bonds is 3. The number of hydrogen-bond acceptors (Lipinski definition) is 5. The normalized spacial score (nSPS) is 17.3. The van der Waals surface area contributed by atoms with Crippen molar-refractivity contribution in [3.05, 3.63) is 88.7 Å². The fourth-order valence-electron chi connectivity index (χ4n) is 4.11. The average Bonchev–Trinajstić information content (AvgIpc) is 3.31. The van der Waals surface area contributed by atoms with Gasteiger partial charge in [-0.2, -0.15) is 4.98 Å². The van der Waals surface area contributed by atoms with Gasteiger partial charge in [0.05, 0.1) is 16.7 Å². The minimum absolute atomic E-state index is 0.0297. The van der Waals surface area contributed by atoms with Crippen LogP contribution in [0.15, 0.2) is 60.7 Å². The molecule has 2 heterocycles. The van der Waals surface area contributed by atoms with Crippen LogP contribution in [0.4, 0.5) is 14.9 Å². The summed E-state index contributed by atoms with van der Waals surface area (Å²) in [6.45, 7) is 1.78. The van der Waals surface area contributed by atoms with Crippen LogP contribution in [0.1, 0.15) is 27.0 Å². The lowest BCUT2D eigenvalue weighted by atomic mass is 9.93. The van der Waals surface area contributed by atoms with E-state index in [-0.39, 0.29) is 17.3 Å². The fraction of sp³-hybridized carbons (Fsp3) is 0.125. The molecule has 4 aromatic rings. The Hall–Kier alpha value is -4.24. The van der Waals surface area contributed by atoms with Crippen LogP contribution in [0, 0.1) is 12.7 Å². The Kier molecular flexibility index (Phi) is 4.64. The third-order valence-corrected chi connectivity index (χ3v) is 5.66. The zero-order valence-corrected chi connectivity index (χ0v) is 17.7. The number of benzene rings is 3. The molecule has 5 rings (SSSR count). The second kappa shape index (κ2) is 7.42. The Morgan fingerprint density at radius 3 is 2.76 bits per heavy atom. The van der Waals surface area contributed by atoms with Crippen molar-refractivity contribution < 1.29 is 23.8 Å². The van der Waals surface area contributed by atoms with E-state index >= 15 is 0 Å². The van der Waals surface area contributed by atoms with E-state index in [2.05, 4.69) is 15.3 Å². The molecule has 2 amide bonds. The summed E-state index contributed by atoms with van der Waals surface area (Å²) in [5.41, 5.74) is 0.567. The van der Waals surface area contributed by atoms with Crippen molar-refractivity contribution in [3.8, 4) is 6.01 Å². The highest BCUT2D eigenvalue weighted by molar-refractivity contribution is 6.12. The summed E-state index contributed by atoms with van der Waals surface area (Å²) >= 11 is 0. The van der Waals surface area contributed by atoms with Gasteiger partial charge < -0.3 is 20.1 Å². The van der Waals surface area contributed by atoms with Crippen molar-refractivity contribution in [1.82, 2.24) is 15.3 Å². The van der Waals surface area contributed by atoms with Gasteiger partial charge in [-0.1, -0.05) is 30.3 Å². The number of fused-ring (bicyclic) bond motifs is 2. The number of halogens is 1. The molecule has 1 unspecified atom stereocenters. The van der Waals surface area contributed by atoms with Crippen LogP contribution < -0.4 is 15.0 Å². The summed E-state index contributed by atoms with van der Waals surface area (Å²) in [6, 6.07) is 15.8. The minimum Gasteiger partial charge on any atom is -0.375 e. The van der Waals surface area contributed by atoms with Gasteiger partial charge in [-0.05, 0) is 42.8 Å². The van der Waals surface area contributed by atoms with Gasteiger partial charge in [-0.15, -0.1) is 0 Å². The number of carbonyl (C=O) groups is 2. The zero-order valence-electron chi connectivity index (χ0n) is 17.7. The first-order valence-electron chi connectivity index (χ1n) is 10.2. The van der Waals surface area contributed by atoms with E-state index in [1.165, 1.54) is 19.2 Å². The Bertz CT molecular complexity index is 1430. The number of anilines is 1. The number of aryl methyl sites for hydroxylation is 1. The summed E-state index contributed by atoms with van der Waals surface area (Å²) in [4.78, 5) is 33.0. The largest absolute Gasteiger partial charge is 0.414 e. The van der Waals surface area contributed by atoms with E-state index in [4.69, 9.17) is 4.74 Å². The van der Waals surface area contributed by atoms with E-state index < -0.39 is 23.5 Å². The third-order valence-electron chi connectivity index (χ3n) is 5.66. The number of aliphatic hydroxyl groups is 1. The smallest absolute Gasteiger partial charge is 0.375 e. The predicted octanol–water partition coefficient (Wildman–Crippen LogP) is 3.58. The highest BCUT2D eigenvalue weighted by atomic mass is 19.1. The Morgan fingerprint density at radius 2 is 1.97 bits per heavy atom. The van der Waals surface area contributed by atoms with Crippen molar-refractivity contribution in [2.24, 2.45) is 0 Å². The van der Waals surface area contributed by atoms with Crippen LogP contribution in [0.2, 0.25) is 0 Å². The molecule has 3 N–H and O–H groups in total. The molecule has 0 spiro atoms. The summed E-state index contributed by atoms with van der Waals surface area (Å²) < 4.78 is 20.0. The molecule has 166 valence electrons. The SMILES string of the molecule is CNC(=O)Oc1nc2ccc(C3(O)c4ccccc4C(=O)N3c3cc(C)ccc3F)cc2[nH]1. The number of H-pyrrole nitrogens is 1. The average molecular weight is 446 g/mol. The van der Waals surface area contributed by atoms with Crippen LogP contribution in [-0.4, -0.2) is 34.1 Å². The standard InChI is InChI=1S/C24H19FN4O4/c1-13-7-9-17(25)20(11-13)29-21(30)15-5-3-4-6-16(15)24(29,32)14-8-10-18-19(12-14)28-22(27-18)33-23(31)26-2/h3-12,32H,1-2H3,(H,26,31)(H,27,28). The first kappa shape index (κ1) is 20.7. The molecule has 33 heavy (non-hydrogen) atoms. The fourth-order valence-corrected chi connectivity index (χ4v) is 4.11. The molecule has 0 saturated carbocycles. The molecule has 0 saturated heterocycles. The van der Waals surface area contributed by atoms with E-state index in [0.29, 0.717) is 22.2 Å². The summed E-state index contributed by atoms with van der Waals surface area (Å²) in [6.07, 6.45) is -0.690. The van der Waals surface area contributed by atoms with E-state index in [1.807, 2.05) is 0 Å². The molecule has 0 bridgehead atoms. The topological polar surface area (TPSA) is 108 Å². The van der Waals surface area contributed by atoms with Crippen LogP contribution in [0.5, 0.6) is 6.01 Å². The van der Waals surface area contributed by atoms with Crippen molar-refractivity contribution in [2.45, 2.75) is 12.6 Å². The summed E-state index contributed by atoms with van der Waals surface area (Å²) in [5, 5.41) is 14.4. The predicted molar refractivity (Wildman–Crippen MR) is 119 cm³/mol. The summed E-state index contributed by atoms with van der Waals surface area (Å²) in [7, 11) is 1.42. The number of ether oxygens (including phenoxy) is 1. The van der Waals surface area contributed by atoms with Crippen LogP contribution in [0.3, 0.4) is 0 Å². The first-order chi connectivity index (χ1) is 15.8. The quantitative estimate of drug-likeness (QED) is 0.446. The lowest BCUT2D eigenvalue weighted by Crippen LogP contribution is -2.45. The number of nitrogens with zero attached hydrogens (tertiary/aromatic N) is 2. The van der Waals surface area contributed by atoms with Gasteiger partial charge in [-0.3, -0.25) is 9.69 Å². The molecule has 8 nitrogen and oxygen atoms in total. The molecule has 0 radical (unpaired) electrons. The highest BCUT2D eigenvalue weighted by Gasteiger charge is 2.51. The van der Waals surface area contributed by atoms with Crippen LogP contribution in [0.25, 0.3) is 11.0 Å². The number of aromatic nitrogens is 2. The van der Waals surface area contributed by atoms with Crippen LogP contribution >= 0.6 is 0 Å². The molecular formula is C24H19FN4O4. The molecule has 1 aliphatic rings. The van der Waals surface area contributed by atoms with Crippen LogP contribution in [-0.2, 0) is 5.72 Å². The third kappa shape index (κ3) is 3.13. The first-order valence-corrected chi connectivity index (χ1v) is 10.2. The maximum atomic E-state index is 14.9. The van der Waals surface area contributed by atoms with Crippen molar-refractivity contribution in [3.63, 3.8) is 0 Å². The molecule has 0 fully saturated rings. The van der Waals surface area contributed by atoms with Gasteiger partial charge in [-0.25, -0.2) is 9.18 Å². The number of hydrogen-bond donors (Lipinski definition) is 3. The maximum absolute atomic E-state index is 14.9. The van der Waals surface area contributed by atoms with Crippen molar-refractivity contribution in [2.75, 3.05) is 11.9 Å². The monoisotopic (exact) mass is 446 g/mol. The number of carbonyl (C=O) groups excluding carboxylic acids is 2. The van der Waals surface area contributed by atoms with E-state index in [9.17, 15) is 19.1 Å². The lowest BCUT2D eigenvalue weighted by Gasteiger charge is -2.35. The lowest BCUT2D eigenvalue weighted by molar-refractivity contribution is 0.0699. The molecule has 1 atom stereocenters. The maximum Gasteiger partial charge on any atom is 0.414 e. The second-order valence-corrected chi connectivity index (χ2v) is 7.73. The Balaban J connectivity index is 1.70. The van der Waals surface area contributed by atoms with Gasteiger partial charge in [0, 0.05) is 23.7 Å². The molecular weight excluding hydrogens is 427 g/mol. The zero-order chi connectivity index (χ0) is 23.3. The summed E-state index contributed by atoms with van der Waals surface area (Å²) in [5.74, 6) is -1.16. The second-order valence-electron chi connectivity index (χ2n) is 7.73. The van der Waals surface area contributed by atoms with Gasteiger partial charge in [0.2, 0.25) is 0 Å². The van der Waals surface area contributed by atoms with Gasteiger partial charge in [0.25, 0.3) is 5.91 Å². The van der Waals surface area contributed by atoms with Crippen molar-refractivity contribution in [1.29, 1.82) is 0 Å². The molecule has 1 aliphatic heterocycles. The van der Waals surface area contributed by atoms with Gasteiger partial charge in [0.15, 0.2) is 5.72 Å². The number of aromatic amines is 1. The minimum atomic E-state index is -1.98. The van der Waals surface area contributed by atoms with Gasteiger partial charge >= 0.3 is 12.1 Å². The molecule has 3 aromatic carbocycles. The Labute approximate surface area is 187 Å². The molecule has 9 heteroatoms. The number of imidazole rings is 1. The van der Waals surface area contributed by atoms with Crippen molar-refractivity contribution >= 4 is 28.7 Å². The van der Waals surface area contributed by atoms with Gasteiger partial charge in [0.1, 0.15) is 5.82 Å². The molecule has 0 aliphatic carbocycles. The highest BCUT2D eigenvalue weighted by Crippen LogP contribution is 2.46. The molecule has 1 aromatic heterocycles. The van der Waals surface area contributed by atoms with E-state index in [0.717, 1.165) is 10.5 Å². The Morgan fingerprint density at radius 1 is 1.18 bits per heavy atom. The number of nitrogens with one attached hydrogen (secondary N) is 2. The number of amides is 2.